The Bertz CT molecular complexity index is 1500. The summed E-state index contributed by atoms with van der Waals surface area (Å²) in [7, 11) is 3.42. The molecule has 4 aromatic rings. The number of carbonyl (C=O) groups is 1. The van der Waals surface area contributed by atoms with E-state index in [1.165, 1.54) is 33.4 Å². The molecule has 4 nitrogen and oxygen atoms in total. The van der Waals surface area contributed by atoms with Crippen LogP contribution in [0.25, 0.3) is 22.3 Å². The lowest BCUT2D eigenvalue weighted by molar-refractivity contribution is -0.132. The summed E-state index contributed by atoms with van der Waals surface area (Å²) in [6, 6.07) is 25.2. The second-order valence-corrected chi connectivity index (χ2v) is 10.5. The highest BCUT2D eigenvalue weighted by Gasteiger charge is 2.24. The van der Waals surface area contributed by atoms with Crippen LogP contribution < -0.4 is 9.47 Å². The lowest BCUT2D eigenvalue weighted by Gasteiger charge is -2.31. The zero-order valence-electron chi connectivity index (χ0n) is 23.6. The van der Waals surface area contributed by atoms with Crippen LogP contribution in [0.15, 0.2) is 72.8 Å². The van der Waals surface area contributed by atoms with Crippen LogP contribution in [0.1, 0.15) is 39.8 Å². The summed E-state index contributed by atoms with van der Waals surface area (Å²) in [6.45, 7) is 7.77. The molecule has 200 valence electrons. The largest absolute Gasteiger partial charge is 0.496 e. The number of para-hydroxylation sites is 2. The summed E-state index contributed by atoms with van der Waals surface area (Å²) in [6.07, 6.45) is 2.14. The van der Waals surface area contributed by atoms with Crippen molar-refractivity contribution in [3.05, 3.63) is 106 Å². The van der Waals surface area contributed by atoms with E-state index in [0.717, 1.165) is 53.1 Å². The molecule has 0 aliphatic carbocycles. The summed E-state index contributed by atoms with van der Waals surface area (Å²) < 4.78 is 11.5. The summed E-state index contributed by atoms with van der Waals surface area (Å²) in [5.41, 5.74) is 11.8. The Morgan fingerprint density at radius 3 is 1.85 bits per heavy atom. The summed E-state index contributed by atoms with van der Waals surface area (Å²) in [5.74, 6) is 1.87. The van der Waals surface area contributed by atoms with E-state index in [1.54, 1.807) is 14.2 Å². The number of fused-ring (bicyclic) bond motifs is 1. The third-order valence-corrected chi connectivity index (χ3v) is 7.93. The van der Waals surface area contributed by atoms with E-state index in [2.05, 4.69) is 57.2 Å². The number of hydrogen-bond donors (Lipinski definition) is 0. The highest BCUT2D eigenvalue weighted by molar-refractivity contribution is 5.89. The fraction of sp³-hybridized carbons (Fsp3) is 0.286. The van der Waals surface area contributed by atoms with Crippen molar-refractivity contribution in [1.29, 1.82) is 0 Å². The van der Waals surface area contributed by atoms with Crippen LogP contribution in [-0.2, 0) is 24.2 Å². The van der Waals surface area contributed by atoms with Crippen LogP contribution in [0.3, 0.4) is 0 Å². The molecule has 5 rings (SSSR count). The van der Waals surface area contributed by atoms with Gasteiger partial charge < -0.3 is 14.4 Å². The quantitative estimate of drug-likeness (QED) is 0.254. The van der Waals surface area contributed by atoms with E-state index >= 15 is 0 Å². The van der Waals surface area contributed by atoms with Crippen molar-refractivity contribution in [3.8, 4) is 33.8 Å². The predicted octanol–water partition coefficient (Wildman–Crippen LogP) is 7.48. The number of nitrogens with zero attached hydrogens (tertiary/aromatic N) is 1. The number of rotatable bonds is 7. The Morgan fingerprint density at radius 2 is 1.28 bits per heavy atom. The first-order chi connectivity index (χ1) is 18.9. The molecule has 0 spiro atoms. The third-order valence-electron chi connectivity index (χ3n) is 7.93. The topological polar surface area (TPSA) is 38.8 Å². The molecule has 1 heterocycles. The van der Waals surface area contributed by atoms with Crippen LogP contribution in [-0.4, -0.2) is 31.6 Å². The van der Waals surface area contributed by atoms with Gasteiger partial charge in [-0.15, -0.1) is 0 Å². The smallest absolute Gasteiger partial charge is 0.223 e. The Hall–Kier alpha value is -4.05. The standard InChI is InChI=1S/C35H37NO3/c1-23-18-24(2)28(25(3)19-23)14-15-35(37)36-17-16-26-20-31(29-10-6-8-12-33(29)38-4)32(21-27(26)22-36)30-11-7-9-13-34(30)39-5/h6-13,18-21H,14-17,22H2,1-5H3. The molecular weight excluding hydrogens is 482 g/mol. The van der Waals surface area contributed by atoms with Crippen molar-refractivity contribution < 1.29 is 14.3 Å². The van der Waals surface area contributed by atoms with Crippen LogP contribution in [0.2, 0.25) is 0 Å². The molecular formula is C35H37NO3. The van der Waals surface area contributed by atoms with E-state index in [1.807, 2.05) is 41.3 Å². The van der Waals surface area contributed by atoms with Crippen molar-refractivity contribution in [2.75, 3.05) is 20.8 Å². The van der Waals surface area contributed by atoms with Gasteiger partial charge in [-0.05, 0) is 96.8 Å². The van der Waals surface area contributed by atoms with E-state index in [0.29, 0.717) is 13.0 Å². The minimum absolute atomic E-state index is 0.215. The van der Waals surface area contributed by atoms with E-state index in [4.69, 9.17) is 9.47 Å². The lowest BCUT2D eigenvalue weighted by atomic mass is 9.87. The van der Waals surface area contributed by atoms with E-state index in [9.17, 15) is 4.79 Å². The van der Waals surface area contributed by atoms with Gasteiger partial charge in [0.05, 0.1) is 14.2 Å². The van der Waals surface area contributed by atoms with Crippen molar-refractivity contribution in [3.63, 3.8) is 0 Å². The number of methoxy groups -OCH3 is 2. The zero-order chi connectivity index (χ0) is 27.5. The average Bonchev–Trinajstić information content (AvgIpc) is 2.95. The van der Waals surface area contributed by atoms with Gasteiger partial charge in [-0.25, -0.2) is 0 Å². The molecule has 0 unspecified atom stereocenters. The second-order valence-electron chi connectivity index (χ2n) is 10.5. The maximum Gasteiger partial charge on any atom is 0.223 e. The first kappa shape index (κ1) is 26.6. The number of ether oxygens (including phenoxy) is 2. The Labute approximate surface area is 232 Å². The van der Waals surface area contributed by atoms with Gasteiger partial charge in [-0.1, -0.05) is 54.1 Å². The molecule has 4 heteroatoms. The molecule has 0 radical (unpaired) electrons. The van der Waals surface area contributed by atoms with Crippen LogP contribution in [0.5, 0.6) is 11.5 Å². The summed E-state index contributed by atoms with van der Waals surface area (Å²) in [4.78, 5) is 15.4. The molecule has 0 aromatic heterocycles. The molecule has 1 aliphatic rings. The van der Waals surface area contributed by atoms with Crippen molar-refractivity contribution in [2.45, 2.75) is 46.6 Å². The molecule has 1 aliphatic heterocycles. The van der Waals surface area contributed by atoms with Crippen molar-refractivity contribution in [1.82, 2.24) is 4.90 Å². The molecule has 39 heavy (non-hydrogen) atoms. The third kappa shape index (κ3) is 5.42. The van der Waals surface area contributed by atoms with Gasteiger partial charge in [0.2, 0.25) is 5.91 Å². The predicted molar refractivity (Wildman–Crippen MR) is 159 cm³/mol. The molecule has 4 aromatic carbocycles. The fourth-order valence-corrected chi connectivity index (χ4v) is 6.00. The molecule has 0 saturated carbocycles. The maximum atomic E-state index is 13.4. The Kier molecular flexibility index (Phi) is 7.74. The summed E-state index contributed by atoms with van der Waals surface area (Å²) in [5, 5.41) is 0. The minimum atomic E-state index is 0.215. The van der Waals surface area contributed by atoms with Crippen LogP contribution in [0, 0.1) is 20.8 Å². The SMILES string of the molecule is COc1ccccc1-c1cc2c(cc1-c1ccccc1OC)CN(C(=O)CCc1c(C)cc(C)cc1C)CC2. The van der Waals surface area contributed by atoms with Crippen molar-refractivity contribution >= 4 is 5.91 Å². The van der Waals surface area contributed by atoms with Gasteiger partial charge in [-0.2, -0.15) is 0 Å². The number of benzene rings is 4. The number of carbonyl (C=O) groups excluding carboxylic acids is 1. The van der Waals surface area contributed by atoms with Gasteiger partial charge in [0.1, 0.15) is 11.5 Å². The molecule has 0 atom stereocenters. The van der Waals surface area contributed by atoms with Crippen molar-refractivity contribution in [2.24, 2.45) is 0 Å². The van der Waals surface area contributed by atoms with Gasteiger partial charge in [-0.3, -0.25) is 4.79 Å². The number of amides is 1. The number of aryl methyl sites for hydroxylation is 3. The van der Waals surface area contributed by atoms with Gasteiger partial charge >= 0.3 is 0 Å². The van der Waals surface area contributed by atoms with Crippen LogP contribution >= 0.6 is 0 Å². The first-order valence-corrected chi connectivity index (χ1v) is 13.7. The molecule has 0 bridgehead atoms. The summed E-state index contributed by atoms with van der Waals surface area (Å²) >= 11 is 0. The Balaban J connectivity index is 1.48. The second kappa shape index (κ2) is 11.4. The monoisotopic (exact) mass is 519 g/mol. The Morgan fingerprint density at radius 1 is 0.744 bits per heavy atom. The lowest BCUT2D eigenvalue weighted by Crippen LogP contribution is -2.36. The highest BCUT2D eigenvalue weighted by Crippen LogP contribution is 2.42. The normalized spacial score (nSPS) is 12.7. The fourth-order valence-electron chi connectivity index (χ4n) is 6.00. The van der Waals surface area contributed by atoms with Crippen LogP contribution in [0.4, 0.5) is 0 Å². The molecule has 0 N–H and O–H groups in total. The maximum absolute atomic E-state index is 13.4. The van der Waals surface area contributed by atoms with Gasteiger partial charge in [0.25, 0.3) is 0 Å². The zero-order valence-corrected chi connectivity index (χ0v) is 23.6. The highest BCUT2D eigenvalue weighted by atomic mass is 16.5. The van der Waals surface area contributed by atoms with E-state index in [-0.39, 0.29) is 5.91 Å². The van der Waals surface area contributed by atoms with Gasteiger partial charge in [0.15, 0.2) is 0 Å². The molecule has 0 fully saturated rings. The van der Waals surface area contributed by atoms with Gasteiger partial charge in [0, 0.05) is 30.6 Å². The molecule has 1 amide bonds. The average molecular weight is 520 g/mol. The van der Waals surface area contributed by atoms with E-state index < -0.39 is 0 Å². The first-order valence-electron chi connectivity index (χ1n) is 13.7. The molecule has 0 saturated heterocycles. The number of hydrogen-bond acceptors (Lipinski definition) is 3. The minimum Gasteiger partial charge on any atom is -0.496 e.